The van der Waals surface area contributed by atoms with Gasteiger partial charge in [0.1, 0.15) is 17.8 Å². The fourth-order valence-electron chi connectivity index (χ4n) is 3.11. The van der Waals surface area contributed by atoms with E-state index in [1.807, 2.05) is 24.3 Å². The molecule has 2 unspecified atom stereocenters. The zero-order chi connectivity index (χ0) is 13.7. The Labute approximate surface area is 113 Å². The molecule has 1 aromatic carbocycles. The lowest BCUT2D eigenvalue weighted by Gasteiger charge is -2.46. The van der Waals surface area contributed by atoms with Crippen molar-refractivity contribution in [2.45, 2.75) is 38.7 Å². The van der Waals surface area contributed by atoms with Crippen LogP contribution >= 0.6 is 0 Å². The average molecular weight is 257 g/mol. The van der Waals surface area contributed by atoms with E-state index >= 15 is 0 Å². The van der Waals surface area contributed by atoms with Crippen LogP contribution in [0.4, 0.5) is 0 Å². The smallest absolute Gasteiger partial charge is 0.124 e. The van der Waals surface area contributed by atoms with Crippen LogP contribution in [-0.4, -0.2) is 17.3 Å². The Kier molecular flexibility index (Phi) is 2.46. The van der Waals surface area contributed by atoms with Gasteiger partial charge in [0.15, 0.2) is 0 Å². The molecule has 100 valence electrons. The first-order valence-corrected chi connectivity index (χ1v) is 6.79. The Morgan fingerprint density at radius 2 is 2.05 bits per heavy atom. The van der Waals surface area contributed by atoms with Crippen LogP contribution in [0.25, 0.3) is 0 Å². The SMILES string of the molecule is CC1(C(C)(O)C2(C#N)COc3ccccc3C2)CC1. The monoisotopic (exact) mass is 257 g/mol. The van der Waals surface area contributed by atoms with E-state index in [1.54, 1.807) is 6.92 Å². The Balaban J connectivity index is 2.01. The molecule has 0 aromatic heterocycles. The molecule has 0 spiro atoms. The van der Waals surface area contributed by atoms with Gasteiger partial charge in [0.25, 0.3) is 0 Å². The molecule has 1 N–H and O–H groups in total. The summed E-state index contributed by atoms with van der Waals surface area (Å²) >= 11 is 0. The number of ether oxygens (including phenoxy) is 1. The first-order valence-electron chi connectivity index (χ1n) is 6.79. The number of hydrogen-bond acceptors (Lipinski definition) is 3. The Hall–Kier alpha value is -1.53. The standard InChI is InChI=1S/C16H19NO2/c1-14(7-8-14)15(2,18)16(10-17)9-12-5-3-4-6-13(12)19-11-16/h3-6,18H,7-9,11H2,1-2H3. The van der Waals surface area contributed by atoms with Crippen LogP contribution < -0.4 is 4.74 Å². The highest BCUT2D eigenvalue weighted by Crippen LogP contribution is 2.60. The Morgan fingerprint density at radius 1 is 1.37 bits per heavy atom. The third kappa shape index (κ3) is 1.60. The van der Waals surface area contributed by atoms with E-state index in [0.29, 0.717) is 6.42 Å². The molecule has 2 atom stereocenters. The maximum Gasteiger partial charge on any atom is 0.124 e. The van der Waals surface area contributed by atoms with Crippen LogP contribution in [0.15, 0.2) is 24.3 Å². The average Bonchev–Trinajstić information content (AvgIpc) is 3.17. The molecule has 0 amide bonds. The van der Waals surface area contributed by atoms with Crippen molar-refractivity contribution < 1.29 is 9.84 Å². The van der Waals surface area contributed by atoms with Gasteiger partial charge in [-0.2, -0.15) is 5.26 Å². The van der Waals surface area contributed by atoms with Gasteiger partial charge in [-0.25, -0.2) is 0 Å². The van der Waals surface area contributed by atoms with Crippen molar-refractivity contribution in [1.82, 2.24) is 0 Å². The summed E-state index contributed by atoms with van der Waals surface area (Å²) in [6.45, 7) is 4.14. The van der Waals surface area contributed by atoms with E-state index in [0.717, 1.165) is 24.2 Å². The first-order chi connectivity index (χ1) is 8.94. The molecular formula is C16H19NO2. The number of rotatable bonds is 2. The van der Waals surface area contributed by atoms with Crippen LogP contribution in [0, 0.1) is 22.2 Å². The maximum absolute atomic E-state index is 11.0. The minimum atomic E-state index is -1.03. The highest BCUT2D eigenvalue weighted by molar-refractivity contribution is 5.39. The second kappa shape index (κ2) is 3.74. The minimum absolute atomic E-state index is 0.154. The van der Waals surface area contributed by atoms with E-state index < -0.39 is 11.0 Å². The largest absolute Gasteiger partial charge is 0.492 e. The summed E-state index contributed by atoms with van der Waals surface area (Å²) in [6.07, 6.45) is 2.51. The molecule has 1 heterocycles. The lowest BCUT2D eigenvalue weighted by molar-refractivity contribution is -0.113. The van der Waals surface area contributed by atoms with Crippen molar-refractivity contribution in [3.63, 3.8) is 0 Å². The summed E-state index contributed by atoms with van der Waals surface area (Å²) in [5.74, 6) is 0.838. The highest BCUT2D eigenvalue weighted by Gasteiger charge is 2.64. The molecule has 1 aliphatic heterocycles. The molecule has 0 bridgehead atoms. The Bertz CT molecular complexity index is 554. The second-order valence-corrected chi connectivity index (χ2v) is 6.40. The normalized spacial score (nSPS) is 30.4. The van der Waals surface area contributed by atoms with Crippen LogP contribution in [0.5, 0.6) is 5.75 Å². The van der Waals surface area contributed by atoms with Crippen LogP contribution in [0.3, 0.4) is 0 Å². The molecule has 3 rings (SSSR count). The quantitative estimate of drug-likeness (QED) is 0.886. The van der Waals surface area contributed by atoms with E-state index in [1.165, 1.54) is 0 Å². The summed E-state index contributed by atoms with van der Waals surface area (Å²) in [7, 11) is 0. The molecule has 1 fully saturated rings. The van der Waals surface area contributed by atoms with E-state index in [9.17, 15) is 10.4 Å². The molecule has 19 heavy (non-hydrogen) atoms. The molecule has 0 saturated heterocycles. The number of benzene rings is 1. The number of nitrogens with zero attached hydrogens (tertiary/aromatic N) is 1. The molecule has 3 heteroatoms. The summed E-state index contributed by atoms with van der Waals surface area (Å²) in [5.41, 5.74) is -1.02. The third-order valence-corrected chi connectivity index (χ3v) is 5.26. The molecule has 0 radical (unpaired) electrons. The number of hydrogen-bond donors (Lipinski definition) is 1. The van der Waals surface area contributed by atoms with Gasteiger partial charge in [0.2, 0.25) is 0 Å². The third-order valence-electron chi connectivity index (χ3n) is 5.26. The van der Waals surface area contributed by atoms with Crippen molar-refractivity contribution in [3.05, 3.63) is 29.8 Å². The van der Waals surface area contributed by atoms with Crippen molar-refractivity contribution in [2.75, 3.05) is 6.61 Å². The van der Waals surface area contributed by atoms with Gasteiger partial charge in [0, 0.05) is 6.42 Å². The summed E-state index contributed by atoms with van der Waals surface area (Å²) in [4.78, 5) is 0. The molecular weight excluding hydrogens is 238 g/mol. The van der Waals surface area contributed by atoms with Crippen LogP contribution in [0.2, 0.25) is 0 Å². The van der Waals surface area contributed by atoms with Gasteiger partial charge in [0.05, 0.1) is 11.7 Å². The van der Waals surface area contributed by atoms with Gasteiger partial charge >= 0.3 is 0 Å². The van der Waals surface area contributed by atoms with Crippen molar-refractivity contribution in [1.29, 1.82) is 5.26 Å². The zero-order valence-corrected chi connectivity index (χ0v) is 11.4. The fraction of sp³-hybridized carbons (Fsp3) is 0.562. The molecule has 2 aliphatic rings. The second-order valence-electron chi connectivity index (χ2n) is 6.40. The van der Waals surface area contributed by atoms with Gasteiger partial charge in [-0.15, -0.1) is 0 Å². The van der Waals surface area contributed by atoms with E-state index in [-0.39, 0.29) is 12.0 Å². The Morgan fingerprint density at radius 3 is 2.68 bits per heavy atom. The number of para-hydroxylation sites is 1. The predicted molar refractivity (Wildman–Crippen MR) is 71.7 cm³/mol. The molecule has 3 nitrogen and oxygen atoms in total. The molecule has 1 aliphatic carbocycles. The summed E-state index contributed by atoms with van der Waals surface area (Å²) in [5, 5.41) is 20.7. The summed E-state index contributed by atoms with van der Waals surface area (Å²) < 4.78 is 5.76. The fourth-order valence-corrected chi connectivity index (χ4v) is 3.11. The van der Waals surface area contributed by atoms with E-state index in [2.05, 4.69) is 13.0 Å². The van der Waals surface area contributed by atoms with Crippen LogP contribution in [0.1, 0.15) is 32.3 Å². The number of fused-ring (bicyclic) bond motifs is 1. The predicted octanol–water partition coefficient (Wildman–Crippen LogP) is 2.68. The zero-order valence-electron chi connectivity index (χ0n) is 11.4. The minimum Gasteiger partial charge on any atom is -0.492 e. The molecule has 1 aromatic rings. The van der Waals surface area contributed by atoms with E-state index in [4.69, 9.17) is 4.74 Å². The van der Waals surface area contributed by atoms with Crippen molar-refractivity contribution in [3.8, 4) is 11.8 Å². The van der Waals surface area contributed by atoms with Gasteiger partial charge in [-0.05, 0) is 36.8 Å². The van der Waals surface area contributed by atoms with Crippen molar-refractivity contribution in [2.24, 2.45) is 10.8 Å². The maximum atomic E-state index is 11.0. The van der Waals surface area contributed by atoms with Gasteiger partial charge in [-0.3, -0.25) is 0 Å². The first kappa shape index (κ1) is 12.5. The number of nitriles is 1. The van der Waals surface area contributed by atoms with Crippen molar-refractivity contribution >= 4 is 0 Å². The molecule has 1 saturated carbocycles. The number of aliphatic hydroxyl groups is 1. The summed E-state index contributed by atoms with van der Waals surface area (Å²) in [6, 6.07) is 10.1. The van der Waals surface area contributed by atoms with Gasteiger partial charge < -0.3 is 9.84 Å². The van der Waals surface area contributed by atoms with Gasteiger partial charge in [-0.1, -0.05) is 25.1 Å². The highest BCUT2D eigenvalue weighted by atomic mass is 16.5. The van der Waals surface area contributed by atoms with Crippen LogP contribution in [-0.2, 0) is 6.42 Å². The lowest BCUT2D eigenvalue weighted by Crippen LogP contribution is -2.56. The topological polar surface area (TPSA) is 53.2 Å². The lowest BCUT2D eigenvalue weighted by atomic mass is 9.63.